The first-order chi connectivity index (χ1) is 14.2. The summed E-state index contributed by atoms with van der Waals surface area (Å²) in [7, 11) is 0. The van der Waals surface area contributed by atoms with E-state index in [9.17, 15) is 13.6 Å². The van der Waals surface area contributed by atoms with E-state index in [1.807, 2.05) is 24.3 Å². The molecule has 1 atom stereocenters. The second kappa shape index (κ2) is 11.3. The summed E-state index contributed by atoms with van der Waals surface area (Å²) < 4.78 is 38.0. The lowest BCUT2D eigenvalue weighted by Gasteiger charge is -2.25. The smallest absolute Gasteiger partial charge is 0.263 e. The van der Waals surface area contributed by atoms with Crippen LogP contribution in [0.2, 0.25) is 5.02 Å². The Labute approximate surface area is 181 Å². The number of halogens is 3. The maximum Gasteiger partial charge on any atom is 0.263 e. The number of nitrogens with one attached hydrogen (secondary N) is 1. The fourth-order valence-corrected chi connectivity index (χ4v) is 3.00. The minimum atomic E-state index is -1.28. The van der Waals surface area contributed by atoms with Gasteiger partial charge in [0.05, 0.1) is 6.10 Å². The normalized spacial score (nSPS) is 12.5. The molecule has 0 saturated heterocycles. The van der Waals surface area contributed by atoms with Crippen LogP contribution in [0.5, 0.6) is 5.75 Å². The van der Waals surface area contributed by atoms with Crippen molar-refractivity contribution in [3.8, 4) is 5.75 Å². The van der Waals surface area contributed by atoms with E-state index in [2.05, 4.69) is 12.2 Å². The predicted octanol–water partition coefficient (Wildman–Crippen LogP) is 5.32. The second-order valence-electron chi connectivity index (χ2n) is 7.56. The quantitative estimate of drug-likeness (QED) is 0.482. The van der Waals surface area contributed by atoms with Crippen LogP contribution in [0, 0.1) is 11.6 Å². The van der Waals surface area contributed by atoms with Gasteiger partial charge < -0.3 is 14.8 Å². The van der Waals surface area contributed by atoms with Crippen molar-refractivity contribution >= 4 is 17.5 Å². The fourth-order valence-electron chi connectivity index (χ4n) is 2.87. The number of hydrogen-bond donors (Lipinski definition) is 1. The Morgan fingerprint density at radius 1 is 1.13 bits per heavy atom. The lowest BCUT2D eigenvalue weighted by atomic mass is 10.1. The van der Waals surface area contributed by atoms with Crippen molar-refractivity contribution in [1.82, 2.24) is 5.32 Å². The van der Waals surface area contributed by atoms with Gasteiger partial charge in [-0.1, -0.05) is 30.7 Å². The van der Waals surface area contributed by atoms with Crippen LogP contribution in [0.25, 0.3) is 0 Å². The average molecular weight is 440 g/mol. The average Bonchev–Trinajstić information content (AvgIpc) is 2.67. The molecule has 0 bridgehead atoms. The van der Waals surface area contributed by atoms with E-state index < -0.39 is 17.2 Å². The second-order valence-corrected chi connectivity index (χ2v) is 8.00. The third kappa shape index (κ3) is 7.92. The minimum absolute atomic E-state index is 0.0380. The minimum Gasteiger partial charge on any atom is -0.478 e. The van der Waals surface area contributed by atoms with E-state index in [1.165, 1.54) is 0 Å². The van der Waals surface area contributed by atoms with Crippen LogP contribution in [0.4, 0.5) is 8.78 Å². The molecule has 1 amide bonds. The lowest BCUT2D eigenvalue weighted by molar-refractivity contribution is -0.134. The van der Waals surface area contributed by atoms with Crippen molar-refractivity contribution in [2.24, 2.45) is 0 Å². The van der Waals surface area contributed by atoms with Gasteiger partial charge in [0.2, 0.25) is 0 Å². The molecule has 0 aliphatic heterocycles. The van der Waals surface area contributed by atoms with E-state index in [1.54, 1.807) is 13.8 Å². The molecule has 0 heterocycles. The van der Waals surface area contributed by atoms with Crippen LogP contribution >= 0.6 is 11.6 Å². The molecule has 164 valence electrons. The number of rotatable bonds is 11. The zero-order valence-electron chi connectivity index (χ0n) is 17.5. The maximum absolute atomic E-state index is 13.3. The van der Waals surface area contributed by atoms with Crippen molar-refractivity contribution in [3.63, 3.8) is 0 Å². The first-order valence-electron chi connectivity index (χ1n) is 9.99. The molecular weight excluding hydrogens is 412 g/mol. The highest BCUT2D eigenvalue weighted by Crippen LogP contribution is 2.21. The Kier molecular flexibility index (Phi) is 9.06. The predicted molar refractivity (Wildman–Crippen MR) is 114 cm³/mol. The van der Waals surface area contributed by atoms with E-state index in [4.69, 9.17) is 21.1 Å². The van der Waals surface area contributed by atoms with E-state index in [0.29, 0.717) is 24.6 Å². The van der Waals surface area contributed by atoms with Gasteiger partial charge in [-0.05, 0) is 50.8 Å². The Morgan fingerprint density at radius 3 is 2.37 bits per heavy atom. The van der Waals surface area contributed by atoms with Gasteiger partial charge in [0.1, 0.15) is 17.4 Å². The molecule has 0 aliphatic carbocycles. The van der Waals surface area contributed by atoms with Gasteiger partial charge in [-0.3, -0.25) is 4.79 Å². The molecule has 7 heteroatoms. The van der Waals surface area contributed by atoms with Crippen LogP contribution < -0.4 is 10.1 Å². The molecule has 0 fully saturated rings. The summed E-state index contributed by atoms with van der Waals surface area (Å²) in [5, 5.41) is 3.48. The summed E-state index contributed by atoms with van der Waals surface area (Å²) in [4.78, 5) is 12.4. The largest absolute Gasteiger partial charge is 0.478 e. The third-order valence-corrected chi connectivity index (χ3v) is 4.80. The van der Waals surface area contributed by atoms with Crippen molar-refractivity contribution in [2.75, 3.05) is 13.2 Å². The van der Waals surface area contributed by atoms with E-state index in [0.717, 1.165) is 36.6 Å². The summed E-state index contributed by atoms with van der Waals surface area (Å²) >= 11 is 5.91. The zero-order chi connectivity index (χ0) is 22.1. The molecule has 0 aromatic heterocycles. The number of ether oxygens (including phenoxy) is 2. The fraction of sp³-hybridized carbons (Fsp3) is 0.435. The van der Waals surface area contributed by atoms with Crippen molar-refractivity contribution in [2.45, 2.75) is 51.7 Å². The molecule has 30 heavy (non-hydrogen) atoms. The van der Waals surface area contributed by atoms with Gasteiger partial charge in [0.25, 0.3) is 5.91 Å². The molecule has 0 spiro atoms. The standard InChI is InChI=1S/C23H28ClF2NO3/c1-4-20(12-16-6-8-17(24)9-7-16)29-11-5-10-27-22(28)23(2,3)30-21-14-18(25)13-19(26)15-21/h6-9,13-15,20H,4-5,10-12H2,1-3H3,(H,27,28). The number of carbonyl (C=O) groups is 1. The highest BCUT2D eigenvalue weighted by atomic mass is 35.5. The van der Waals surface area contributed by atoms with Gasteiger partial charge in [-0.25, -0.2) is 8.78 Å². The third-order valence-electron chi connectivity index (χ3n) is 4.55. The molecule has 2 rings (SSSR count). The number of benzene rings is 2. The topological polar surface area (TPSA) is 47.6 Å². The van der Waals surface area contributed by atoms with Gasteiger partial charge in [-0.15, -0.1) is 0 Å². The van der Waals surface area contributed by atoms with Crippen molar-refractivity contribution in [1.29, 1.82) is 0 Å². The highest BCUT2D eigenvalue weighted by Gasteiger charge is 2.30. The van der Waals surface area contributed by atoms with Gasteiger partial charge >= 0.3 is 0 Å². The molecule has 2 aromatic rings. The molecule has 0 aliphatic rings. The first kappa shape index (κ1) is 24.1. The monoisotopic (exact) mass is 439 g/mol. The summed E-state index contributed by atoms with van der Waals surface area (Å²) in [6.07, 6.45) is 2.39. The van der Waals surface area contributed by atoms with Crippen LogP contribution in [0.15, 0.2) is 42.5 Å². The van der Waals surface area contributed by atoms with Gasteiger partial charge in [0.15, 0.2) is 5.60 Å². The molecule has 1 N–H and O–H groups in total. The molecule has 4 nitrogen and oxygen atoms in total. The molecule has 0 saturated carbocycles. The number of carbonyl (C=O) groups excluding carboxylic acids is 1. The van der Waals surface area contributed by atoms with Crippen molar-refractivity contribution in [3.05, 3.63) is 64.7 Å². The summed E-state index contributed by atoms with van der Waals surface area (Å²) in [5.41, 5.74) is -0.117. The lowest BCUT2D eigenvalue weighted by Crippen LogP contribution is -2.47. The number of hydrogen-bond acceptors (Lipinski definition) is 3. The Balaban J connectivity index is 1.72. The van der Waals surface area contributed by atoms with Crippen LogP contribution in [-0.4, -0.2) is 30.8 Å². The van der Waals surface area contributed by atoms with Crippen LogP contribution in [-0.2, 0) is 16.0 Å². The van der Waals surface area contributed by atoms with Crippen LogP contribution in [0.3, 0.4) is 0 Å². The summed E-state index contributed by atoms with van der Waals surface area (Å²) in [6.45, 7) is 6.06. The Hall–Kier alpha value is -2.18. The Morgan fingerprint density at radius 2 is 1.77 bits per heavy atom. The van der Waals surface area contributed by atoms with Gasteiger partial charge in [0, 0.05) is 36.4 Å². The van der Waals surface area contributed by atoms with E-state index in [-0.39, 0.29) is 17.8 Å². The summed E-state index contributed by atoms with van der Waals surface area (Å²) in [6, 6.07) is 10.5. The molecule has 0 radical (unpaired) electrons. The SMILES string of the molecule is CCC(Cc1ccc(Cl)cc1)OCCCNC(=O)C(C)(C)Oc1cc(F)cc(F)c1. The molecule has 2 aromatic carbocycles. The van der Waals surface area contributed by atoms with E-state index >= 15 is 0 Å². The summed E-state index contributed by atoms with van der Waals surface area (Å²) in [5.74, 6) is -1.94. The zero-order valence-corrected chi connectivity index (χ0v) is 18.3. The maximum atomic E-state index is 13.3. The Bertz CT molecular complexity index is 807. The first-order valence-corrected chi connectivity index (χ1v) is 10.4. The molecule has 1 unspecified atom stereocenters. The molecular formula is C23H28ClF2NO3. The van der Waals surface area contributed by atoms with Crippen molar-refractivity contribution < 1.29 is 23.0 Å². The number of amides is 1. The highest BCUT2D eigenvalue weighted by molar-refractivity contribution is 6.30. The van der Waals surface area contributed by atoms with Gasteiger partial charge in [-0.2, -0.15) is 0 Å². The van der Waals surface area contributed by atoms with Crippen LogP contribution in [0.1, 0.15) is 39.2 Å².